The largest absolute Gasteiger partial charge is 0.334 e. The van der Waals surface area contributed by atoms with E-state index in [1.54, 1.807) is 6.07 Å². The molecular weight excluding hydrogens is 340 g/mol. The van der Waals surface area contributed by atoms with Crippen molar-refractivity contribution in [2.24, 2.45) is 0 Å². The molecule has 2 aliphatic rings. The Kier molecular flexibility index (Phi) is 4.34. The molecule has 1 aliphatic heterocycles. The first-order valence-electron chi connectivity index (χ1n) is 7.14. The second kappa shape index (κ2) is 6.04. The van der Waals surface area contributed by atoms with Crippen LogP contribution in [0, 0.1) is 0 Å². The van der Waals surface area contributed by atoms with Gasteiger partial charge in [0.25, 0.3) is 5.91 Å². The standard InChI is InChI=1S/C15H18BrClN2O/c16-13-6-3-10(8-14(13)17)15(20)19(12-4-5-12)9-11-2-1-7-18-11/h3,6,8,11-12,18H,1-2,4-5,7,9H2. The van der Waals surface area contributed by atoms with Crippen molar-refractivity contribution in [1.82, 2.24) is 10.2 Å². The first-order valence-corrected chi connectivity index (χ1v) is 8.31. The fourth-order valence-electron chi connectivity index (χ4n) is 2.73. The number of amides is 1. The van der Waals surface area contributed by atoms with E-state index in [4.69, 9.17) is 11.6 Å². The number of rotatable bonds is 4. The third kappa shape index (κ3) is 3.18. The average molecular weight is 358 g/mol. The van der Waals surface area contributed by atoms with Gasteiger partial charge in [-0.15, -0.1) is 0 Å². The Balaban J connectivity index is 1.75. The predicted molar refractivity (Wildman–Crippen MR) is 84.2 cm³/mol. The summed E-state index contributed by atoms with van der Waals surface area (Å²) in [5.41, 5.74) is 0.683. The van der Waals surface area contributed by atoms with Crippen molar-refractivity contribution in [2.75, 3.05) is 13.1 Å². The average Bonchev–Trinajstić information content (AvgIpc) is 3.15. The van der Waals surface area contributed by atoms with Crippen LogP contribution in [-0.2, 0) is 0 Å². The van der Waals surface area contributed by atoms with Gasteiger partial charge in [0.2, 0.25) is 0 Å². The van der Waals surface area contributed by atoms with Crippen LogP contribution in [0.2, 0.25) is 5.02 Å². The molecule has 108 valence electrons. The molecule has 1 amide bonds. The predicted octanol–water partition coefficient (Wildman–Crippen LogP) is 3.46. The molecule has 1 N–H and O–H groups in total. The molecule has 3 rings (SSSR count). The molecule has 1 heterocycles. The van der Waals surface area contributed by atoms with Crippen molar-refractivity contribution in [3.63, 3.8) is 0 Å². The van der Waals surface area contributed by atoms with Crippen LogP contribution in [-0.4, -0.2) is 36.0 Å². The number of hydrogen-bond acceptors (Lipinski definition) is 2. The van der Waals surface area contributed by atoms with Gasteiger partial charge in [-0.2, -0.15) is 0 Å². The van der Waals surface area contributed by atoms with Crippen LogP contribution in [0.5, 0.6) is 0 Å². The fourth-order valence-corrected chi connectivity index (χ4v) is 3.16. The van der Waals surface area contributed by atoms with Crippen LogP contribution in [0.4, 0.5) is 0 Å². The van der Waals surface area contributed by atoms with E-state index in [0.29, 0.717) is 22.7 Å². The summed E-state index contributed by atoms with van der Waals surface area (Å²) in [4.78, 5) is 14.7. The van der Waals surface area contributed by atoms with Crippen molar-refractivity contribution >= 4 is 33.4 Å². The van der Waals surface area contributed by atoms with Crippen molar-refractivity contribution in [1.29, 1.82) is 0 Å². The highest BCUT2D eigenvalue weighted by atomic mass is 79.9. The Hall–Kier alpha value is -0.580. The summed E-state index contributed by atoms with van der Waals surface area (Å²) in [6, 6.07) is 6.31. The van der Waals surface area contributed by atoms with Gasteiger partial charge in [-0.05, 0) is 66.4 Å². The fraction of sp³-hybridized carbons (Fsp3) is 0.533. The second-order valence-corrected chi connectivity index (χ2v) is 6.87. The van der Waals surface area contributed by atoms with Gasteiger partial charge < -0.3 is 10.2 Å². The lowest BCUT2D eigenvalue weighted by atomic mass is 10.1. The Bertz CT molecular complexity index is 513. The molecule has 2 fully saturated rings. The van der Waals surface area contributed by atoms with E-state index >= 15 is 0 Å². The van der Waals surface area contributed by atoms with E-state index in [1.165, 1.54) is 6.42 Å². The lowest BCUT2D eigenvalue weighted by Crippen LogP contribution is -2.42. The summed E-state index contributed by atoms with van der Waals surface area (Å²) < 4.78 is 0.825. The maximum atomic E-state index is 12.7. The van der Waals surface area contributed by atoms with Gasteiger partial charge in [0.1, 0.15) is 0 Å². The van der Waals surface area contributed by atoms with E-state index in [0.717, 1.165) is 36.8 Å². The molecule has 1 aromatic rings. The minimum absolute atomic E-state index is 0.107. The van der Waals surface area contributed by atoms with E-state index < -0.39 is 0 Å². The Morgan fingerprint density at radius 3 is 2.80 bits per heavy atom. The monoisotopic (exact) mass is 356 g/mol. The van der Waals surface area contributed by atoms with Gasteiger partial charge in [0, 0.05) is 28.7 Å². The van der Waals surface area contributed by atoms with Gasteiger partial charge in [0.15, 0.2) is 0 Å². The summed E-state index contributed by atoms with van der Waals surface area (Å²) in [6.07, 6.45) is 4.63. The van der Waals surface area contributed by atoms with Gasteiger partial charge in [-0.25, -0.2) is 0 Å². The zero-order valence-electron chi connectivity index (χ0n) is 11.2. The third-order valence-electron chi connectivity index (χ3n) is 3.99. The van der Waals surface area contributed by atoms with Gasteiger partial charge in [-0.1, -0.05) is 11.6 Å². The second-order valence-electron chi connectivity index (χ2n) is 5.61. The molecular formula is C15H18BrClN2O. The molecule has 1 aromatic carbocycles. The van der Waals surface area contributed by atoms with Gasteiger partial charge >= 0.3 is 0 Å². The first-order chi connectivity index (χ1) is 9.65. The molecule has 0 aromatic heterocycles. The molecule has 1 aliphatic carbocycles. The van der Waals surface area contributed by atoms with Crippen molar-refractivity contribution in [2.45, 2.75) is 37.8 Å². The summed E-state index contributed by atoms with van der Waals surface area (Å²) in [5, 5.41) is 4.06. The number of nitrogens with zero attached hydrogens (tertiary/aromatic N) is 1. The Morgan fingerprint density at radius 2 is 2.20 bits per heavy atom. The highest BCUT2D eigenvalue weighted by Gasteiger charge is 2.35. The number of carbonyl (C=O) groups excluding carboxylic acids is 1. The Labute approximate surface area is 132 Å². The topological polar surface area (TPSA) is 32.3 Å². The minimum Gasteiger partial charge on any atom is -0.334 e. The SMILES string of the molecule is O=C(c1ccc(Br)c(Cl)c1)N(CC1CCCN1)C1CC1. The minimum atomic E-state index is 0.107. The molecule has 0 radical (unpaired) electrons. The lowest BCUT2D eigenvalue weighted by molar-refractivity contribution is 0.0728. The maximum Gasteiger partial charge on any atom is 0.254 e. The number of halogens is 2. The van der Waals surface area contributed by atoms with Gasteiger partial charge in [-0.3, -0.25) is 4.79 Å². The highest BCUT2D eigenvalue weighted by Crippen LogP contribution is 2.30. The zero-order valence-corrected chi connectivity index (χ0v) is 13.6. The smallest absolute Gasteiger partial charge is 0.254 e. The van der Waals surface area contributed by atoms with Crippen LogP contribution in [0.25, 0.3) is 0 Å². The maximum absolute atomic E-state index is 12.7. The summed E-state index contributed by atoms with van der Waals surface area (Å²) in [5.74, 6) is 0.107. The van der Waals surface area contributed by atoms with E-state index in [1.807, 2.05) is 17.0 Å². The normalized spacial score (nSPS) is 22.0. The molecule has 20 heavy (non-hydrogen) atoms. The van der Waals surface area contributed by atoms with Crippen LogP contribution in [0.15, 0.2) is 22.7 Å². The van der Waals surface area contributed by atoms with Crippen molar-refractivity contribution in [3.8, 4) is 0 Å². The molecule has 1 saturated carbocycles. The molecule has 1 saturated heterocycles. The van der Waals surface area contributed by atoms with Crippen LogP contribution < -0.4 is 5.32 Å². The number of benzene rings is 1. The lowest BCUT2D eigenvalue weighted by Gasteiger charge is -2.26. The molecule has 3 nitrogen and oxygen atoms in total. The van der Waals surface area contributed by atoms with E-state index in [9.17, 15) is 4.79 Å². The number of nitrogens with one attached hydrogen (secondary N) is 1. The molecule has 1 unspecified atom stereocenters. The van der Waals surface area contributed by atoms with Crippen molar-refractivity contribution in [3.05, 3.63) is 33.3 Å². The summed E-state index contributed by atoms with van der Waals surface area (Å²) in [6.45, 7) is 1.89. The molecule has 5 heteroatoms. The third-order valence-corrected chi connectivity index (χ3v) is 5.23. The first kappa shape index (κ1) is 14.4. The van der Waals surface area contributed by atoms with E-state index in [2.05, 4.69) is 21.2 Å². The van der Waals surface area contributed by atoms with E-state index in [-0.39, 0.29) is 5.91 Å². The summed E-state index contributed by atoms with van der Waals surface area (Å²) in [7, 11) is 0. The quantitative estimate of drug-likeness (QED) is 0.895. The van der Waals surface area contributed by atoms with Crippen LogP contribution in [0.1, 0.15) is 36.0 Å². The zero-order chi connectivity index (χ0) is 14.1. The van der Waals surface area contributed by atoms with Crippen molar-refractivity contribution < 1.29 is 4.79 Å². The summed E-state index contributed by atoms with van der Waals surface area (Å²) >= 11 is 9.46. The molecule has 1 atom stereocenters. The molecule has 0 bridgehead atoms. The number of carbonyl (C=O) groups is 1. The van der Waals surface area contributed by atoms with Crippen LogP contribution >= 0.6 is 27.5 Å². The number of hydrogen-bond donors (Lipinski definition) is 1. The van der Waals surface area contributed by atoms with Crippen LogP contribution in [0.3, 0.4) is 0 Å². The molecule has 0 spiro atoms. The van der Waals surface area contributed by atoms with Gasteiger partial charge in [0.05, 0.1) is 5.02 Å². The highest BCUT2D eigenvalue weighted by molar-refractivity contribution is 9.10. The Morgan fingerprint density at radius 1 is 1.40 bits per heavy atom.